The maximum Gasteiger partial charge on any atom is 0.256 e. The minimum absolute atomic E-state index is 0.215. The molecule has 6 heteroatoms. The normalized spacial score (nSPS) is 33.8. The van der Waals surface area contributed by atoms with E-state index in [1.165, 1.54) is 0 Å². The minimum Gasteiger partial charge on any atom is -0.383 e. The lowest BCUT2D eigenvalue weighted by molar-refractivity contribution is -0.132. The maximum atomic E-state index is 13.2. The number of nitrogens with zero attached hydrogens (tertiary/aromatic N) is 3. The van der Waals surface area contributed by atoms with Gasteiger partial charge >= 0.3 is 0 Å². The Hall–Kier alpha value is -0.980. The van der Waals surface area contributed by atoms with Crippen LogP contribution in [-0.4, -0.2) is 80.7 Å². The van der Waals surface area contributed by atoms with Gasteiger partial charge in [-0.1, -0.05) is 6.92 Å². The number of ether oxygens (including phenoxy) is 2. The Morgan fingerprint density at radius 1 is 1.22 bits per heavy atom. The Morgan fingerprint density at radius 2 is 1.96 bits per heavy atom. The van der Waals surface area contributed by atoms with Gasteiger partial charge in [-0.25, -0.2) is 0 Å². The van der Waals surface area contributed by atoms with Gasteiger partial charge in [0.25, 0.3) is 5.91 Å². The molecule has 0 aromatic rings. The van der Waals surface area contributed by atoms with E-state index in [0.29, 0.717) is 25.0 Å². The Bertz CT molecular complexity index is 482. The van der Waals surface area contributed by atoms with Crippen LogP contribution in [-0.2, 0) is 14.3 Å². The number of carbonyl (C=O) groups is 1. The molecule has 3 atom stereocenters. The van der Waals surface area contributed by atoms with Gasteiger partial charge in [0, 0.05) is 46.2 Å². The van der Waals surface area contributed by atoms with Crippen LogP contribution in [0.3, 0.4) is 0 Å². The van der Waals surface area contributed by atoms with Gasteiger partial charge in [-0.2, -0.15) is 0 Å². The molecule has 1 amide bonds. The summed E-state index contributed by atoms with van der Waals surface area (Å²) in [5, 5.41) is 0. The van der Waals surface area contributed by atoms with Crippen LogP contribution < -0.4 is 0 Å². The number of fused-ring (bicyclic) bond motifs is 2. The molecule has 0 aromatic heterocycles. The van der Waals surface area contributed by atoms with Gasteiger partial charge in [0.15, 0.2) is 0 Å². The van der Waals surface area contributed by atoms with Crippen molar-refractivity contribution in [2.45, 2.75) is 31.7 Å². The summed E-state index contributed by atoms with van der Waals surface area (Å²) in [6.07, 6.45) is 2.83. The molecule has 1 aliphatic carbocycles. The molecular weight excluding hydrogens is 294 g/mol. The highest BCUT2D eigenvalue weighted by atomic mass is 16.5. The molecule has 0 bridgehead atoms. The smallest absolute Gasteiger partial charge is 0.256 e. The minimum atomic E-state index is -0.494. The fourth-order valence-electron chi connectivity index (χ4n) is 4.56. The lowest BCUT2D eigenvalue weighted by atomic mass is 9.85. The van der Waals surface area contributed by atoms with Gasteiger partial charge in [0.05, 0.1) is 19.8 Å². The Balaban J connectivity index is 1.76. The number of likely N-dealkylation sites (tertiary alicyclic amines) is 1. The van der Waals surface area contributed by atoms with E-state index < -0.39 is 5.54 Å². The molecular formula is C17H29N3O3. The summed E-state index contributed by atoms with van der Waals surface area (Å²) in [6, 6.07) is 0. The molecule has 0 aromatic carbocycles. The predicted octanol–water partition coefficient (Wildman–Crippen LogP) is 1.01. The van der Waals surface area contributed by atoms with E-state index in [4.69, 9.17) is 14.5 Å². The molecule has 3 aliphatic rings. The monoisotopic (exact) mass is 323 g/mol. The highest BCUT2D eigenvalue weighted by Crippen LogP contribution is 2.50. The second-order valence-corrected chi connectivity index (χ2v) is 6.91. The zero-order valence-corrected chi connectivity index (χ0v) is 14.6. The second kappa shape index (κ2) is 6.87. The van der Waals surface area contributed by atoms with Gasteiger partial charge in [0.2, 0.25) is 0 Å². The van der Waals surface area contributed by atoms with Crippen molar-refractivity contribution < 1.29 is 14.3 Å². The third-order valence-electron chi connectivity index (χ3n) is 5.73. The fraction of sp³-hybridized carbons (Fsp3) is 0.882. The van der Waals surface area contributed by atoms with Crippen LogP contribution in [0, 0.1) is 11.8 Å². The van der Waals surface area contributed by atoms with Crippen LogP contribution >= 0.6 is 0 Å². The number of aliphatic imine (C=N–C) groups is 1. The molecule has 1 spiro atoms. The first-order valence-corrected chi connectivity index (χ1v) is 8.77. The third-order valence-corrected chi connectivity index (χ3v) is 5.73. The molecule has 2 heterocycles. The quantitative estimate of drug-likeness (QED) is 0.702. The number of methoxy groups -OCH3 is 2. The Morgan fingerprint density at radius 3 is 2.65 bits per heavy atom. The van der Waals surface area contributed by atoms with Gasteiger partial charge in [-0.3, -0.25) is 14.7 Å². The molecule has 23 heavy (non-hydrogen) atoms. The van der Waals surface area contributed by atoms with E-state index in [1.54, 1.807) is 14.2 Å². The number of rotatable bonds is 7. The molecule has 0 radical (unpaired) electrons. The van der Waals surface area contributed by atoms with Gasteiger partial charge in [0.1, 0.15) is 11.4 Å². The number of hydrogen-bond acceptors (Lipinski definition) is 5. The van der Waals surface area contributed by atoms with E-state index in [2.05, 4.69) is 11.8 Å². The van der Waals surface area contributed by atoms with Gasteiger partial charge < -0.3 is 14.4 Å². The molecule has 3 rings (SSSR count). The van der Waals surface area contributed by atoms with Crippen LogP contribution in [0.25, 0.3) is 0 Å². The number of amidine groups is 1. The van der Waals surface area contributed by atoms with E-state index in [-0.39, 0.29) is 5.91 Å². The Labute approximate surface area is 138 Å². The zero-order chi connectivity index (χ0) is 16.4. The highest BCUT2D eigenvalue weighted by molar-refractivity contribution is 6.08. The standard InChI is InChI=1S/C17H29N3O3/c1-4-15-18-17(16(21)20(15)8-10-23-3)6-5-13-11-19(7-9-22-2)12-14(13)17/h13-14H,4-12H2,1-3H3/t13-,14+,17-/m1/s1. The predicted molar refractivity (Wildman–Crippen MR) is 88.6 cm³/mol. The number of amides is 1. The maximum absolute atomic E-state index is 13.2. The number of carbonyl (C=O) groups excluding carboxylic acids is 1. The van der Waals surface area contributed by atoms with Crippen molar-refractivity contribution in [2.75, 3.05) is 53.6 Å². The third kappa shape index (κ3) is 2.81. The van der Waals surface area contributed by atoms with E-state index in [0.717, 1.165) is 51.3 Å². The summed E-state index contributed by atoms with van der Waals surface area (Å²) >= 11 is 0. The summed E-state index contributed by atoms with van der Waals surface area (Å²) in [6.45, 7) is 7.02. The largest absolute Gasteiger partial charge is 0.383 e. The Kier molecular flexibility index (Phi) is 5.04. The van der Waals surface area contributed by atoms with Crippen molar-refractivity contribution in [3.05, 3.63) is 0 Å². The topological polar surface area (TPSA) is 54.4 Å². The molecule has 130 valence electrons. The van der Waals surface area contributed by atoms with E-state index >= 15 is 0 Å². The first-order valence-electron chi connectivity index (χ1n) is 8.77. The van der Waals surface area contributed by atoms with Crippen LogP contribution in [0.2, 0.25) is 0 Å². The van der Waals surface area contributed by atoms with Gasteiger partial charge in [-0.15, -0.1) is 0 Å². The van der Waals surface area contributed by atoms with E-state index in [1.807, 2.05) is 4.90 Å². The van der Waals surface area contributed by atoms with Crippen molar-refractivity contribution in [1.82, 2.24) is 9.80 Å². The fourth-order valence-corrected chi connectivity index (χ4v) is 4.56. The lowest BCUT2D eigenvalue weighted by Crippen LogP contribution is -2.47. The van der Waals surface area contributed by atoms with Crippen molar-refractivity contribution >= 4 is 11.7 Å². The van der Waals surface area contributed by atoms with Crippen molar-refractivity contribution in [2.24, 2.45) is 16.8 Å². The second-order valence-electron chi connectivity index (χ2n) is 6.91. The van der Waals surface area contributed by atoms with Crippen molar-refractivity contribution in [3.63, 3.8) is 0 Å². The zero-order valence-electron chi connectivity index (χ0n) is 14.6. The first-order chi connectivity index (χ1) is 11.2. The molecule has 1 saturated heterocycles. The number of hydrogen-bond donors (Lipinski definition) is 0. The van der Waals surface area contributed by atoms with Crippen LogP contribution in [0.15, 0.2) is 4.99 Å². The molecule has 6 nitrogen and oxygen atoms in total. The molecule has 2 aliphatic heterocycles. The van der Waals surface area contributed by atoms with Gasteiger partial charge in [-0.05, 0) is 18.8 Å². The lowest BCUT2D eigenvalue weighted by Gasteiger charge is -2.28. The first kappa shape index (κ1) is 16.9. The summed E-state index contributed by atoms with van der Waals surface area (Å²) in [5.74, 6) is 2.12. The van der Waals surface area contributed by atoms with E-state index in [9.17, 15) is 4.79 Å². The summed E-state index contributed by atoms with van der Waals surface area (Å²) in [4.78, 5) is 22.5. The van der Waals surface area contributed by atoms with Crippen LogP contribution in [0.1, 0.15) is 26.2 Å². The van der Waals surface area contributed by atoms with Crippen molar-refractivity contribution in [1.29, 1.82) is 0 Å². The summed E-state index contributed by atoms with van der Waals surface area (Å²) in [5.41, 5.74) is -0.494. The average Bonchev–Trinajstić information content (AvgIpc) is 3.19. The molecule has 1 saturated carbocycles. The van der Waals surface area contributed by atoms with Crippen molar-refractivity contribution in [3.8, 4) is 0 Å². The van der Waals surface area contributed by atoms with Crippen LogP contribution in [0.4, 0.5) is 0 Å². The van der Waals surface area contributed by atoms with Crippen LogP contribution in [0.5, 0.6) is 0 Å². The highest BCUT2D eigenvalue weighted by Gasteiger charge is 2.60. The molecule has 2 fully saturated rings. The SMILES string of the molecule is CCC1=N[C@@]2(CC[C@@H]3CN(CCOC)C[C@@H]32)C(=O)N1CCOC. The molecule has 0 N–H and O–H groups in total. The summed E-state index contributed by atoms with van der Waals surface area (Å²) in [7, 11) is 3.42. The average molecular weight is 323 g/mol. The summed E-state index contributed by atoms with van der Waals surface area (Å²) < 4.78 is 10.4. The molecule has 0 unspecified atom stereocenters.